The zero-order valence-corrected chi connectivity index (χ0v) is 12.3. The molecule has 0 aromatic carbocycles. The molecule has 3 aromatic heterocycles. The first kappa shape index (κ1) is 12.1. The Hall–Kier alpha value is -1.94. The lowest BCUT2D eigenvalue weighted by atomic mass is 10.0. The number of nitrogens with one attached hydrogen (secondary N) is 1. The fraction of sp³-hybridized carbons (Fsp3) is 0.0714. The number of hydrogen-bond acceptors (Lipinski definition) is 3. The molecule has 3 rings (SSSR count). The molecule has 0 atom stereocenters. The summed E-state index contributed by atoms with van der Waals surface area (Å²) in [5.74, 6) is 0. The molecule has 3 aromatic rings. The first-order valence-corrected chi connectivity index (χ1v) is 6.77. The van der Waals surface area contributed by atoms with E-state index in [2.05, 4.69) is 43.6 Å². The summed E-state index contributed by atoms with van der Waals surface area (Å²) in [4.78, 5) is 11.7. The van der Waals surface area contributed by atoms with Crippen molar-refractivity contribution in [2.45, 2.75) is 6.92 Å². The van der Waals surface area contributed by atoms with Crippen molar-refractivity contribution in [3.05, 3.63) is 45.6 Å². The summed E-state index contributed by atoms with van der Waals surface area (Å²) in [6.45, 7) is 1.95. The number of pyridine rings is 2. The van der Waals surface area contributed by atoms with E-state index in [1.54, 1.807) is 12.4 Å². The number of halogens is 1. The van der Waals surface area contributed by atoms with Gasteiger partial charge in [0.2, 0.25) is 0 Å². The Morgan fingerprint density at radius 2 is 2.21 bits per heavy atom. The molecule has 0 aliphatic rings. The lowest BCUT2D eigenvalue weighted by molar-refractivity contribution is 1.27. The second-order valence-electron chi connectivity index (χ2n) is 4.19. The highest BCUT2D eigenvalue weighted by Gasteiger charge is 2.16. The Balaban J connectivity index is 2.42. The quantitative estimate of drug-likeness (QED) is 0.677. The first-order chi connectivity index (χ1) is 9.22. The predicted octanol–water partition coefficient (Wildman–Crippen LogP) is 3.41. The van der Waals surface area contributed by atoms with Crippen LogP contribution in [0.4, 0.5) is 0 Å². The Labute approximate surface area is 123 Å². The Bertz CT molecular complexity index is 800. The zero-order chi connectivity index (χ0) is 13.4. The standard InChI is InChI=1S/C14H9IN4/c1-8-10(5-16)7-18-14-11(8)12(13(15)19-14)9-3-2-4-17-6-9/h2-4,6-7H,1H3,(H,18,19). The number of aromatic nitrogens is 3. The monoisotopic (exact) mass is 360 g/mol. The molecule has 1 N–H and O–H groups in total. The smallest absolute Gasteiger partial charge is 0.139 e. The number of hydrogen-bond donors (Lipinski definition) is 1. The summed E-state index contributed by atoms with van der Waals surface area (Å²) in [7, 11) is 0. The van der Waals surface area contributed by atoms with Crippen LogP contribution >= 0.6 is 22.6 Å². The van der Waals surface area contributed by atoms with E-state index < -0.39 is 0 Å². The average molecular weight is 360 g/mol. The zero-order valence-electron chi connectivity index (χ0n) is 10.1. The van der Waals surface area contributed by atoms with Crippen molar-refractivity contribution in [2.75, 3.05) is 0 Å². The van der Waals surface area contributed by atoms with E-state index in [0.717, 1.165) is 31.4 Å². The maximum Gasteiger partial charge on any atom is 0.139 e. The van der Waals surface area contributed by atoms with Crippen molar-refractivity contribution < 1.29 is 0 Å². The third-order valence-corrected chi connectivity index (χ3v) is 3.92. The molecule has 0 bridgehead atoms. The van der Waals surface area contributed by atoms with Crippen molar-refractivity contribution in [3.63, 3.8) is 0 Å². The molecule has 0 aliphatic carbocycles. The van der Waals surface area contributed by atoms with Gasteiger partial charge in [-0.05, 0) is 41.1 Å². The summed E-state index contributed by atoms with van der Waals surface area (Å²) >= 11 is 2.25. The topological polar surface area (TPSA) is 65.4 Å². The van der Waals surface area contributed by atoms with E-state index in [-0.39, 0.29) is 0 Å². The molecule has 0 unspecified atom stereocenters. The largest absolute Gasteiger partial charge is 0.334 e. The average Bonchev–Trinajstić information content (AvgIpc) is 2.77. The molecule has 0 aliphatic heterocycles. The minimum absolute atomic E-state index is 0.605. The van der Waals surface area contributed by atoms with Gasteiger partial charge in [-0.15, -0.1) is 0 Å². The molecule has 0 fully saturated rings. The van der Waals surface area contributed by atoms with Crippen LogP contribution in [0.3, 0.4) is 0 Å². The number of aryl methyl sites for hydroxylation is 1. The number of aromatic amines is 1. The van der Waals surface area contributed by atoms with E-state index in [9.17, 15) is 0 Å². The molecule has 3 heterocycles. The van der Waals surface area contributed by atoms with E-state index >= 15 is 0 Å². The molecule has 0 amide bonds. The van der Waals surface area contributed by atoms with Gasteiger partial charge in [-0.25, -0.2) is 4.98 Å². The SMILES string of the molecule is Cc1c(C#N)cnc2[nH]c(I)c(-c3cccnc3)c12. The minimum atomic E-state index is 0.605. The third-order valence-electron chi connectivity index (χ3n) is 3.11. The summed E-state index contributed by atoms with van der Waals surface area (Å²) < 4.78 is 1.01. The van der Waals surface area contributed by atoms with Gasteiger partial charge in [-0.3, -0.25) is 4.98 Å². The number of H-pyrrole nitrogens is 1. The molecule has 0 spiro atoms. The fourth-order valence-corrected chi connectivity index (χ4v) is 3.01. The van der Waals surface area contributed by atoms with Gasteiger partial charge >= 0.3 is 0 Å². The van der Waals surface area contributed by atoms with Gasteiger partial charge in [-0.1, -0.05) is 6.07 Å². The molecule has 92 valence electrons. The Morgan fingerprint density at radius 1 is 1.37 bits per heavy atom. The second-order valence-corrected chi connectivity index (χ2v) is 5.27. The van der Waals surface area contributed by atoms with Gasteiger partial charge < -0.3 is 4.98 Å². The molecule has 0 saturated heterocycles. The lowest BCUT2D eigenvalue weighted by Crippen LogP contribution is -1.88. The number of rotatable bonds is 1. The summed E-state index contributed by atoms with van der Waals surface area (Å²) in [5, 5.41) is 10.1. The van der Waals surface area contributed by atoms with Crippen LogP contribution in [0.1, 0.15) is 11.1 Å². The maximum absolute atomic E-state index is 9.13. The van der Waals surface area contributed by atoms with Crippen LogP contribution in [-0.4, -0.2) is 15.0 Å². The van der Waals surface area contributed by atoms with E-state index in [1.165, 1.54) is 0 Å². The molecular weight excluding hydrogens is 351 g/mol. The number of nitrogens with zero attached hydrogens (tertiary/aromatic N) is 3. The van der Waals surface area contributed by atoms with Crippen LogP contribution in [0.15, 0.2) is 30.7 Å². The highest BCUT2D eigenvalue weighted by atomic mass is 127. The van der Waals surface area contributed by atoms with Crippen molar-refractivity contribution >= 4 is 33.6 Å². The Kier molecular flexibility index (Phi) is 2.95. The van der Waals surface area contributed by atoms with Gasteiger partial charge in [0.15, 0.2) is 0 Å². The van der Waals surface area contributed by atoms with Gasteiger partial charge in [0.1, 0.15) is 11.7 Å². The van der Waals surface area contributed by atoms with Crippen LogP contribution in [0.5, 0.6) is 0 Å². The normalized spacial score (nSPS) is 10.6. The van der Waals surface area contributed by atoms with Gasteiger partial charge in [0, 0.05) is 35.1 Å². The van der Waals surface area contributed by atoms with Crippen molar-refractivity contribution in [3.8, 4) is 17.2 Å². The van der Waals surface area contributed by atoms with Gasteiger partial charge in [0.05, 0.1) is 9.26 Å². The van der Waals surface area contributed by atoms with Crippen LogP contribution in [-0.2, 0) is 0 Å². The highest BCUT2D eigenvalue weighted by Crippen LogP contribution is 2.34. The van der Waals surface area contributed by atoms with E-state index in [0.29, 0.717) is 5.56 Å². The third kappa shape index (κ3) is 1.88. The van der Waals surface area contributed by atoms with Gasteiger partial charge in [-0.2, -0.15) is 5.26 Å². The molecule has 0 saturated carbocycles. The Morgan fingerprint density at radius 3 is 2.89 bits per heavy atom. The molecule has 19 heavy (non-hydrogen) atoms. The maximum atomic E-state index is 9.13. The molecule has 5 heteroatoms. The predicted molar refractivity (Wildman–Crippen MR) is 81.5 cm³/mol. The van der Waals surface area contributed by atoms with E-state index in [1.807, 2.05) is 25.3 Å². The van der Waals surface area contributed by atoms with Crippen LogP contribution in [0.25, 0.3) is 22.2 Å². The van der Waals surface area contributed by atoms with Crippen molar-refractivity contribution in [1.29, 1.82) is 5.26 Å². The summed E-state index contributed by atoms with van der Waals surface area (Å²) in [6.07, 6.45) is 5.18. The minimum Gasteiger partial charge on any atom is -0.334 e. The van der Waals surface area contributed by atoms with Crippen LogP contribution in [0.2, 0.25) is 0 Å². The van der Waals surface area contributed by atoms with Crippen LogP contribution in [0, 0.1) is 22.0 Å². The van der Waals surface area contributed by atoms with Crippen LogP contribution < -0.4 is 0 Å². The molecular formula is C14H9IN4. The molecule has 4 nitrogen and oxygen atoms in total. The van der Waals surface area contributed by atoms with Crippen molar-refractivity contribution in [2.24, 2.45) is 0 Å². The van der Waals surface area contributed by atoms with E-state index in [4.69, 9.17) is 5.26 Å². The second kappa shape index (κ2) is 4.63. The van der Waals surface area contributed by atoms with Crippen molar-refractivity contribution in [1.82, 2.24) is 15.0 Å². The first-order valence-electron chi connectivity index (χ1n) is 5.69. The van der Waals surface area contributed by atoms with Gasteiger partial charge in [0.25, 0.3) is 0 Å². The number of fused-ring (bicyclic) bond motifs is 1. The summed E-state index contributed by atoms with van der Waals surface area (Å²) in [5.41, 5.74) is 4.45. The summed E-state index contributed by atoms with van der Waals surface area (Å²) in [6, 6.07) is 6.09. The highest BCUT2D eigenvalue weighted by molar-refractivity contribution is 14.1. The fourth-order valence-electron chi connectivity index (χ4n) is 2.17. The lowest BCUT2D eigenvalue weighted by Gasteiger charge is -2.03. The number of nitriles is 1. The molecule has 0 radical (unpaired) electrons.